The summed E-state index contributed by atoms with van der Waals surface area (Å²) in [4.78, 5) is 12.0. The van der Waals surface area contributed by atoms with Gasteiger partial charge in [0.2, 0.25) is 5.91 Å². The lowest BCUT2D eigenvalue weighted by atomic mass is 9.43. The second-order valence-corrected chi connectivity index (χ2v) is 9.39. The van der Waals surface area contributed by atoms with Crippen LogP contribution in [0, 0.1) is 16.7 Å². The van der Waals surface area contributed by atoms with Crippen molar-refractivity contribution >= 4 is 21.8 Å². The summed E-state index contributed by atoms with van der Waals surface area (Å²) >= 11 is 3.39. The topological polar surface area (TPSA) is 29.1 Å². The molecule has 1 amide bonds. The van der Waals surface area contributed by atoms with Crippen LogP contribution >= 0.6 is 15.9 Å². The summed E-state index contributed by atoms with van der Waals surface area (Å²) < 4.78 is 0. The number of nitrogens with one attached hydrogen (secondary N) is 1. The molecule has 0 aliphatic heterocycles. The fourth-order valence-corrected chi connectivity index (χ4v) is 6.06. The molecule has 4 fully saturated rings. The van der Waals surface area contributed by atoms with Crippen LogP contribution in [0.25, 0.3) is 0 Å². The van der Waals surface area contributed by atoms with E-state index in [-0.39, 0.29) is 16.3 Å². The molecule has 4 bridgehead atoms. The Hall–Kier alpha value is -0.0500. The summed E-state index contributed by atoms with van der Waals surface area (Å²) in [6, 6.07) is 0. The van der Waals surface area contributed by atoms with Crippen molar-refractivity contribution in [3.8, 4) is 0 Å². The molecule has 4 aliphatic carbocycles. The fraction of sp³-hybridized carbons (Fsp3) is 0.933. The number of carbonyl (C=O) groups is 1. The van der Waals surface area contributed by atoms with Crippen LogP contribution in [0.15, 0.2) is 0 Å². The quantitative estimate of drug-likeness (QED) is 0.775. The van der Waals surface area contributed by atoms with Gasteiger partial charge in [-0.3, -0.25) is 4.79 Å². The van der Waals surface area contributed by atoms with Gasteiger partial charge in [0.15, 0.2) is 0 Å². The van der Waals surface area contributed by atoms with Crippen molar-refractivity contribution in [3.05, 3.63) is 0 Å². The standard InChI is InChI=1S/C15H24BrNO/c1-10(16)12(18)17-15-6-11-4-13(2,8-15)7-14(3,5-11)9-15/h10-11H,4-9H2,1-3H3,(H,17,18). The number of halogens is 1. The Kier molecular flexibility index (Phi) is 2.69. The molecule has 3 unspecified atom stereocenters. The molecule has 3 heteroatoms. The summed E-state index contributed by atoms with van der Waals surface area (Å²) in [5.74, 6) is 1.01. The van der Waals surface area contributed by atoms with Crippen LogP contribution in [-0.4, -0.2) is 16.3 Å². The average Bonchev–Trinajstić information content (AvgIpc) is 2.09. The summed E-state index contributed by atoms with van der Waals surface area (Å²) in [6.07, 6.45) is 7.71. The normalized spacial score (nSPS) is 51.2. The summed E-state index contributed by atoms with van der Waals surface area (Å²) in [6.45, 7) is 6.79. The third-order valence-corrected chi connectivity index (χ3v) is 5.79. The second-order valence-electron chi connectivity index (χ2n) is 8.02. The molecule has 4 rings (SSSR count). The van der Waals surface area contributed by atoms with Crippen molar-refractivity contribution in [2.75, 3.05) is 0 Å². The van der Waals surface area contributed by atoms with Crippen molar-refractivity contribution in [1.82, 2.24) is 5.32 Å². The molecular formula is C15H24BrNO. The third kappa shape index (κ3) is 2.03. The zero-order valence-corrected chi connectivity index (χ0v) is 13.3. The summed E-state index contributed by atoms with van der Waals surface area (Å²) in [5, 5.41) is 3.39. The van der Waals surface area contributed by atoms with Crippen LogP contribution in [0.2, 0.25) is 0 Å². The lowest BCUT2D eigenvalue weighted by Crippen LogP contribution is -2.65. The Morgan fingerprint density at radius 1 is 1.17 bits per heavy atom. The van der Waals surface area contributed by atoms with Gasteiger partial charge in [-0.2, -0.15) is 0 Å². The highest BCUT2D eigenvalue weighted by atomic mass is 79.9. The minimum absolute atomic E-state index is 0.0777. The molecule has 0 aromatic rings. The zero-order valence-electron chi connectivity index (χ0n) is 11.7. The number of alkyl halides is 1. The van der Waals surface area contributed by atoms with E-state index in [4.69, 9.17) is 0 Å². The van der Waals surface area contributed by atoms with Gasteiger partial charge in [0.25, 0.3) is 0 Å². The van der Waals surface area contributed by atoms with Gasteiger partial charge < -0.3 is 5.32 Å². The molecule has 1 N–H and O–H groups in total. The van der Waals surface area contributed by atoms with Crippen molar-refractivity contribution in [2.24, 2.45) is 16.7 Å². The van der Waals surface area contributed by atoms with Crippen LogP contribution in [0.3, 0.4) is 0 Å². The van der Waals surface area contributed by atoms with Crippen LogP contribution < -0.4 is 5.32 Å². The molecule has 4 aliphatic rings. The Bertz CT molecular complexity index is 374. The van der Waals surface area contributed by atoms with Gasteiger partial charge in [-0.25, -0.2) is 0 Å². The van der Waals surface area contributed by atoms with E-state index >= 15 is 0 Å². The van der Waals surface area contributed by atoms with Gasteiger partial charge in [0.05, 0.1) is 4.83 Å². The van der Waals surface area contributed by atoms with Gasteiger partial charge >= 0.3 is 0 Å². The summed E-state index contributed by atoms with van der Waals surface area (Å²) in [5.41, 5.74) is 1.04. The van der Waals surface area contributed by atoms with Gasteiger partial charge in [-0.05, 0) is 62.2 Å². The number of carbonyl (C=O) groups excluding carboxylic acids is 1. The van der Waals surface area contributed by atoms with Crippen LogP contribution in [0.1, 0.15) is 59.3 Å². The number of rotatable bonds is 2. The lowest BCUT2D eigenvalue weighted by molar-refractivity contribution is -0.139. The highest BCUT2D eigenvalue weighted by Gasteiger charge is 2.60. The molecule has 102 valence electrons. The Morgan fingerprint density at radius 3 is 2.17 bits per heavy atom. The van der Waals surface area contributed by atoms with Gasteiger partial charge in [0.1, 0.15) is 0 Å². The van der Waals surface area contributed by atoms with E-state index in [2.05, 4.69) is 35.1 Å². The molecular weight excluding hydrogens is 290 g/mol. The molecule has 0 aromatic heterocycles. The SMILES string of the molecule is CC(Br)C(=O)NC12CC3CC(C)(CC(C)(C3)C1)C2. The maximum atomic E-state index is 12.1. The van der Waals surface area contributed by atoms with Crippen LogP contribution in [0.4, 0.5) is 0 Å². The van der Waals surface area contributed by atoms with E-state index < -0.39 is 0 Å². The maximum Gasteiger partial charge on any atom is 0.233 e. The maximum absolute atomic E-state index is 12.1. The molecule has 18 heavy (non-hydrogen) atoms. The number of hydrogen-bond donors (Lipinski definition) is 1. The molecule has 3 atom stereocenters. The molecule has 0 heterocycles. The number of amides is 1. The van der Waals surface area contributed by atoms with Gasteiger partial charge in [-0.1, -0.05) is 29.8 Å². The molecule has 4 saturated carbocycles. The van der Waals surface area contributed by atoms with Gasteiger partial charge in [0, 0.05) is 5.54 Å². The highest BCUT2D eigenvalue weighted by Crippen LogP contribution is 2.66. The van der Waals surface area contributed by atoms with Gasteiger partial charge in [-0.15, -0.1) is 0 Å². The average molecular weight is 314 g/mol. The first-order valence-electron chi connectivity index (χ1n) is 7.20. The van der Waals surface area contributed by atoms with Crippen molar-refractivity contribution < 1.29 is 4.79 Å². The fourth-order valence-electron chi connectivity index (χ4n) is 5.95. The Balaban J connectivity index is 1.87. The lowest BCUT2D eigenvalue weighted by Gasteiger charge is -2.65. The van der Waals surface area contributed by atoms with Crippen molar-refractivity contribution in [2.45, 2.75) is 69.7 Å². The van der Waals surface area contributed by atoms with E-state index in [1.54, 1.807) is 0 Å². The van der Waals surface area contributed by atoms with E-state index in [0.717, 1.165) is 5.92 Å². The molecule has 0 radical (unpaired) electrons. The van der Waals surface area contributed by atoms with E-state index in [1.807, 2.05) is 6.92 Å². The largest absolute Gasteiger partial charge is 0.350 e. The summed E-state index contributed by atoms with van der Waals surface area (Å²) in [7, 11) is 0. The predicted molar refractivity (Wildman–Crippen MR) is 76.7 cm³/mol. The first-order valence-corrected chi connectivity index (χ1v) is 8.11. The van der Waals surface area contributed by atoms with E-state index in [1.165, 1.54) is 38.5 Å². The Morgan fingerprint density at radius 2 is 1.72 bits per heavy atom. The molecule has 0 saturated heterocycles. The Labute approximate surface area is 118 Å². The van der Waals surface area contributed by atoms with E-state index in [9.17, 15) is 4.79 Å². The molecule has 0 aromatic carbocycles. The van der Waals surface area contributed by atoms with Crippen LogP contribution in [-0.2, 0) is 4.79 Å². The van der Waals surface area contributed by atoms with E-state index in [0.29, 0.717) is 10.8 Å². The molecule has 0 spiro atoms. The minimum Gasteiger partial charge on any atom is -0.350 e. The smallest absolute Gasteiger partial charge is 0.233 e. The minimum atomic E-state index is -0.0777. The number of hydrogen-bond acceptors (Lipinski definition) is 1. The van der Waals surface area contributed by atoms with Crippen LogP contribution in [0.5, 0.6) is 0 Å². The molecule has 2 nitrogen and oxygen atoms in total. The monoisotopic (exact) mass is 313 g/mol. The first-order chi connectivity index (χ1) is 8.23. The zero-order chi connectivity index (χ0) is 13.2. The first kappa shape index (κ1) is 13.0. The van der Waals surface area contributed by atoms with Crippen molar-refractivity contribution in [3.63, 3.8) is 0 Å². The second kappa shape index (κ2) is 3.74. The van der Waals surface area contributed by atoms with Crippen molar-refractivity contribution in [1.29, 1.82) is 0 Å². The predicted octanol–water partition coefficient (Wildman–Crippen LogP) is 3.64. The highest BCUT2D eigenvalue weighted by molar-refractivity contribution is 9.10. The third-order valence-electron chi connectivity index (χ3n) is 5.38.